The molecular weight excluding hydrogens is 458 g/mol. The summed E-state index contributed by atoms with van der Waals surface area (Å²) in [5, 5.41) is 3.30. The first-order chi connectivity index (χ1) is 17.0. The van der Waals surface area contributed by atoms with E-state index in [0.717, 1.165) is 36.8 Å². The Morgan fingerprint density at radius 1 is 1.03 bits per heavy atom. The summed E-state index contributed by atoms with van der Waals surface area (Å²) in [4.78, 5) is 24.9. The highest BCUT2D eigenvalue weighted by molar-refractivity contribution is 5.94. The monoisotopic (exact) mass is 503 g/mol. The van der Waals surface area contributed by atoms with Gasteiger partial charge in [0.15, 0.2) is 12.1 Å². The maximum absolute atomic E-state index is 12.8. The number of esters is 1. The van der Waals surface area contributed by atoms with E-state index in [1.807, 2.05) is 45.0 Å². The number of benzene rings is 1. The van der Waals surface area contributed by atoms with E-state index >= 15 is 0 Å². The van der Waals surface area contributed by atoms with Crippen LogP contribution in [0.4, 0.5) is 0 Å². The fourth-order valence-electron chi connectivity index (χ4n) is 3.60. The predicted octanol–water partition coefficient (Wildman–Crippen LogP) is 5.06. The number of carbonyl (C=O) groups is 2. The van der Waals surface area contributed by atoms with E-state index in [1.54, 1.807) is 13.0 Å². The minimum Gasteiger partial charge on any atom is -0.461 e. The topological polar surface area (TPSA) is 83.1 Å². The van der Waals surface area contributed by atoms with Gasteiger partial charge in [-0.15, -0.1) is 0 Å². The van der Waals surface area contributed by atoms with Gasteiger partial charge in [-0.2, -0.15) is 0 Å². The molecule has 36 heavy (non-hydrogen) atoms. The van der Waals surface area contributed by atoms with Gasteiger partial charge in [-0.1, -0.05) is 44.2 Å². The third kappa shape index (κ3) is 12.8. The fraction of sp³-hybridized carbons (Fsp3) is 0.655. The maximum atomic E-state index is 12.8. The molecule has 2 rings (SSSR count). The quantitative estimate of drug-likeness (QED) is 0.203. The van der Waals surface area contributed by atoms with Gasteiger partial charge in [0, 0.05) is 6.54 Å². The molecule has 1 N–H and O–H groups in total. The van der Waals surface area contributed by atoms with Crippen molar-refractivity contribution in [3.8, 4) is 0 Å². The largest absolute Gasteiger partial charge is 0.461 e. The van der Waals surface area contributed by atoms with Gasteiger partial charge in [0.1, 0.15) is 18.8 Å². The van der Waals surface area contributed by atoms with Crippen molar-refractivity contribution in [2.24, 2.45) is 5.92 Å². The molecule has 1 aromatic rings. The first-order valence-corrected chi connectivity index (χ1v) is 13.1. The molecule has 0 radical (unpaired) electrons. The second kappa shape index (κ2) is 15.3. The van der Waals surface area contributed by atoms with Crippen molar-refractivity contribution in [2.45, 2.75) is 97.8 Å². The molecular formula is C29H45NO6. The molecule has 0 spiro atoms. The maximum Gasteiger partial charge on any atom is 0.325 e. The third-order valence-electron chi connectivity index (χ3n) is 5.67. The molecule has 1 fully saturated rings. The number of rotatable bonds is 15. The summed E-state index contributed by atoms with van der Waals surface area (Å²) in [6, 6.07) is 7.29. The van der Waals surface area contributed by atoms with Crippen LogP contribution in [0.5, 0.6) is 0 Å². The van der Waals surface area contributed by atoms with Crippen LogP contribution in [0.25, 0.3) is 6.08 Å². The summed E-state index contributed by atoms with van der Waals surface area (Å²) >= 11 is 0. The van der Waals surface area contributed by atoms with E-state index in [2.05, 4.69) is 19.2 Å². The van der Waals surface area contributed by atoms with Crippen LogP contribution in [0.2, 0.25) is 0 Å². The van der Waals surface area contributed by atoms with Crippen LogP contribution in [-0.2, 0) is 35.1 Å². The Balaban J connectivity index is 1.83. The molecule has 1 aliphatic rings. The lowest BCUT2D eigenvalue weighted by Gasteiger charge is -2.25. The predicted molar refractivity (Wildman–Crippen MR) is 141 cm³/mol. The highest BCUT2D eigenvalue weighted by atomic mass is 16.7. The van der Waals surface area contributed by atoms with Gasteiger partial charge in [-0.3, -0.25) is 14.9 Å². The fourth-order valence-corrected chi connectivity index (χ4v) is 3.60. The normalized spacial score (nSPS) is 16.5. The van der Waals surface area contributed by atoms with E-state index < -0.39 is 12.3 Å². The molecule has 0 heterocycles. The molecule has 1 aromatic carbocycles. The van der Waals surface area contributed by atoms with Crippen molar-refractivity contribution >= 4 is 17.8 Å². The lowest BCUT2D eigenvalue weighted by Crippen LogP contribution is -2.44. The highest BCUT2D eigenvalue weighted by Gasteiger charge is 2.27. The molecule has 0 aliphatic heterocycles. The number of hydrogen-bond donors (Lipinski definition) is 1. The van der Waals surface area contributed by atoms with Crippen LogP contribution in [0.15, 0.2) is 30.3 Å². The number of carbonyl (C=O) groups excluding carboxylic acids is 2. The summed E-state index contributed by atoms with van der Waals surface area (Å²) in [5.74, 6) is 0.0387. The Morgan fingerprint density at radius 2 is 1.69 bits per heavy atom. The molecule has 1 unspecified atom stereocenters. The van der Waals surface area contributed by atoms with Crippen molar-refractivity contribution in [3.05, 3.63) is 41.5 Å². The molecule has 7 nitrogen and oxygen atoms in total. The third-order valence-corrected chi connectivity index (χ3v) is 5.67. The van der Waals surface area contributed by atoms with Crippen molar-refractivity contribution in [3.63, 3.8) is 0 Å². The van der Waals surface area contributed by atoms with Crippen LogP contribution in [0.3, 0.4) is 0 Å². The van der Waals surface area contributed by atoms with Gasteiger partial charge in [0.05, 0.1) is 18.8 Å². The average molecular weight is 504 g/mol. The van der Waals surface area contributed by atoms with Gasteiger partial charge in [0.2, 0.25) is 0 Å². The van der Waals surface area contributed by atoms with Crippen LogP contribution in [0, 0.1) is 5.92 Å². The van der Waals surface area contributed by atoms with E-state index in [0.29, 0.717) is 19.1 Å². The SMILES string of the molecule is CC(C)COC(C)OCC(=O)/C=C/c1ccc(CN[C@H](COC(C)(C)C)C(=O)OC2CCCC2)cc1. The molecule has 0 bridgehead atoms. The Labute approximate surface area is 216 Å². The smallest absolute Gasteiger partial charge is 0.325 e. The summed E-state index contributed by atoms with van der Waals surface area (Å²) in [6.45, 7) is 13.2. The number of ketones is 1. The Hall–Kier alpha value is -2.06. The van der Waals surface area contributed by atoms with Crippen molar-refractivity contribution in [1.29, 1.82) is 0 Å². The lowest BCUT2D eigenvalue weighted by atomic mass is 10.1. The molecule has 202 valence electrons. The van der Waals surface area contributed by atoms with Gasteiger partial charge in [0.25, 0.3) is 0 Å². The average Bonchev–Trinajstić information content (AvgIpc) is 3.33. The zero-order valence-electron chi connectivity index (χ0n) is 22.9. The summed E-state index contributed by atoms with van der Waals surface area (Å²) in [7, 11) is 0. The standard InChI is InChI=1S/C29H45NO6/c1-21(2)18-33-22(3)34-19-25(31)16-15-23-11-13-24(14-12-23)17-30-27(20-35-29(4,5)6)28(32)36-26-9-7-8-10-26/h11-16,21-22,26-27,30H,7-10,17-20H2,1-6H3/b16-15+/t22?,27-/m1/s1. The van der Waals surface area contributed by atoms with Gasteiger partial charge < -0.3 is 18.9 Å². The van der Waals surface area contributed by atoms with E-state index in [-0.39, 0.29) is 36.7 Å². The Kier molecular flexibility index (Phi) is 12.8. The van der Waals surface area contributed by atoms with Crippen LogP contribution < -0.4 is 5.32 Å². The molecule has 0 amide bonds. The summed E-state index contributed by atoms with van der Waals surface area (Å²) in [5.41, 5.74) is 1.58. The number of ether oxygens (including phenoxy) is 4. The van der Waals surface area contributed by atoms with Crippen LogP contribution >= 0.6 is 0 Å². The van der Waals surface area contributed by atoms with Gasteiger partial charge in [-0.05, 0) is 76.5 Å². The van der Waals surface area contributed by atoms with Crippen molar-refractivity contribution in [2.75, 3.05) is 19.8 Å². The van der Waals surface area contributed by atoms with E-state index in [9.17, 15) is 9.59 Å². The molecule has 1 aliphatic carbocycles. The molecule has 0 saturated heterocycles. The van der Waals surface area contributed by atoms with E-state index in [1.165, 1.54) is 6.08 Å². The van der Waals surface area contributed by atoms with Crippen LogP contribution in [0.1, 0.15) is 78.4 Å². The first kappa shape index (κ1) is 30.2. The molecule has 7 heteroatoms. The first-order valence-electron chi connectivity index (χ1n) is 13.1. The number of hydrogen-bond acceptors (Lipinski definition) is 7. The Bertz CT molecular complexity index is 821. The minimum atomic E-state index is -0.533. The van der Waals surface area contributed by atoms with E-state index in [4.69, 9.17) is 18.9 Å². The van der Waals surface area contributed by atoms with Crippen molar-refractivity contribution in [1.82, 2.24) is 5.32 Å². The van der Waals surface area contributed by atoms with Gasteiger partial charge >= 0.3 is 5.97 Å². The molecule has 0 aromatic heterocycles. The van der Waals surface area contributed by atoms with Crippen molar-refractivity contribution < 1.29 is 28.5 Å². The lowest BCUT2D eigenvalue weighted by molar-refractivity contribution is -0.154. The van der Waals surface area contributed by atoms with Gasteiger partial charge in [-0.25, -0.2) is 0 Å². The zero-order valence-corrected chi connectivity index (χ0v) is 22.9. The Morgan fingerprint density at radius 3 is 2.31 bits per heavy atom. The zero-order chi connectivity index (χ0) is 26.6. The minimum absolute atomic E-state index is 0.0198. The number of nitrogens with one attached hydrogen (secondary N) is 1. The molecule has 1 saturated carbocycles. The highest BCUT2D eigenvalue weighted by Crippen LogP contribution is 2.21. The molecule has 2 atom stereocenters. The second-order valence-electron chi connectivity index (χ2n) is 10.8. The summed E-state index contributed by atoms with van der Waals surface area (Å²) in [6.07, 6.45) is 6.99. The second-order valence-corrected chi connectivity index (χ2v) is 10.8. The van der Waals surface area contributed by atoms with Crippen LogP contribution in [-0.4, -0.2) is 55.6 Å². The summed E-state index contributed by atoms with van der Waals surface area (Å²) < 4.78 is 22.5.